The second kappa shape index (κ2) is 6.60. The number of Topliss-reactive ketones (excluding diaryl/α,β-unsaturated/α-hetero) is 1. The highest BCUT2D eigenvalue weighted by atomic mass is 32.1. The van der Waals surface area contributed by atoms with Crippen LogP contribution in [0.1, 0.15) is 48.9 Å². The molecule has 2 aromatic rings. The van der Waals surface area contributed by atoms with Crippen LogP contribution in [0.5, 0.6) is 0 Å². The Kier molecular flexibility index (Phi) is 5.42. The third-order valence-electron chi connectivity index (χ3n) is 2.77. The van der Waals surface area contributed by atoms with Crippen molar-refractivity contribution in [3.8, 4) is 0 Å². The molecule has 2 aromatic carbocycles. The van der Waals surface area contributed by atoms with Gasteiger partial charge in [-0.1, -0.05) is 50.2 Å². The van der Waals surface area contributed by atoms with Gasteiger partial charge in [-0.2, -0.15) is 12.6 Å². The predicted molar refractivity (Wildman–Crippen MR) is 82.7 cm³/mol. The van der Waals surface area contributed by atoms with Gasteiger partial charge in [0.15, 0.2) is 5.78 Å². The largest absolute Gasteiger partial charge is 0.294 e. The summed E-state index contributed by atoms with van der Waals surface area (Å²) in [6.07, 6.45) is 0. The molecule has 18 heavy (non-hydrogen) atoms. The first-order chi connectivity index (χ1) is 8.59. The average Bonchev–Trinajstić information content (AvgIpc) is 2.39. The van der Waals surface area contributed by atoms with Gasteiger partial charge in [0.25, 0.3) is 0 Å². The van der Waals surface area contributed by atoms with E-state index in [4.69, 9.17) is 0 Å². The molecule has 96 valence electrons. The van der Waals surface area contributed by atoms with Crippen molar-refractivity contribution in [1.82, 2.24) is 0 Å². The molecule has 0 N–H and O–H groups in total. The first-order valence-corrected chi connectivity index (χ1v) is 6.83. The fourth-order valence-electron chi connectivity index (χ4n) is 1.87. The number of carbonyl (C=O) groups is 1. The van der Waals surface area contributed by atoms with E-state index in [9.17, 15) is 4.79 Å². The summed E-state index contributed by atoms with van der Waals surface area (Å²) >= 11 is 4.41. The molecule has 0 aliphatic heterocycles. The molecule has 0 aliphatic carbocycles. The second-order valence-electron chi connectivity index (χ2n) is 4.02. The molecule has 0 heterocycles. The topological polar surface area (TPSA) is 17.1 Å². The van der Waals surface area contributed by atoms with E-state index in [0.29, 0.717) is 0 Å². The van der Waals surface area contributed by atoms with Crippen LogP contribution >= 0.6 is 12.6 Å². The van der Waals surface area contributed by atoms with Gasteiger partial charge in [-0.3, -0.25) is 4.79 Å². The smallest absolute Gasteiger partial charge is 0.160 e. The molecule has 0 saturated carbocycles. The van der Waals surface area contributed by atoms with Crippen LogP contribution in [0.15, 0.2) is 36.4 Å². The van der Waals surface area contributed by atoms with E-state index in [-0.39, 0.29) is 11.0 Å². The molecule has 0 bridgehead atoms. The zero-order chi connectivity index (χ0) is 13.7. The third kappa shape index (κ3) is 3.14. The summed E-state index contributed by atoms with van der Waals surface area (Å²) in [4.78, 5) is 11.5. The third-order valence-corrected chi connectivity index (χ3v) is 3.06. The zero-order valence-electron chi connectivity index (χ0n) is 11.4. The van der Waals surface area contributed by atoms with Gasteiger partial charge in [0.2, 0.25) is 0 Å². The average molecular weight is 260 g/mol. The number of benzene rings is 2. The Morgan fingerprint density at radius 2 is 1.83 bits per heavy atom. The molecule has 0 fully saturated rings. The van der Waals surface area contributed by atoms with Crippen LogP contribution in [-0.4, -0.2) is 5.78 Å². The maximum atomic E-state index is 11.5. The summed E-state index contributed by atoms with van der Waals surface area (Å²) in [5.41, 5.74) is 1.97. The van der Waals surface area contributed by atoms with Crippen LogP contribution < -0.4 is 0 Å². The summed E-state index contributed by atoms with van der Waals surface area (Å²) in [7, 11) is 0. The summed E-state index contributed by atoms with van der Waals surface area (Å²) in [6, 6.07) is 12.0. The lowest BCUT2D eigenvalue weighted by atomic mass is 9.99. The highest BCUT2D eigenvalue weighted by Gasteiger charge is 2.06. The van der Waals surface area contributed by atoms with Gasteiger partial charge in [-0.15, -0.1) is 0 Å². The molecule has 2 heteroatoms. The van der Waals surface area contributed by atoms with Crippen LogP contribution in [0.25, 0.3) is 10.8 Å². The molecule has 0 amide bonds. The van der Waals surface area contributed by atoms with Crippen molar-refractivity contribution in [1.29, 1.82) is 0 Å². The minimum Gasteiger partial charge on any atom is -0.294 e. The molecular formula is C16H20OS. The Morgan fingerprint density at radius 3 is 2.39 bits per heavy atom. The van der Waals surface area contributed by atoms with Gasteiger partial charge < -0.3 is 0 Å². The van der Waals surface area contributed by atoms with Crippen LogP contribution in [0.4, 0.5) is 0 Å². The maximum absolute atomic E-state index is 11.5. The van der Waals surface area contributed by atoms with Gasteiger partial charge in [0.1, 0.15) is 0 Å². The van der Waals surface area contributed by atoms with E-state index in [1.807, 2.05) is 51.1 Å². The molecular weight excluding hydrogens is 240 g/mol. The summed E-state index contributed by atoms with van der Waals surface area (Å²) < 4.78 is 0. The van der Waals surface area contributed by atoms with Crippen molar-refractivity contribution in [3.05, 3.63) is 47.5 Å². The number of carbonyl (C=O) groups excluding carboxylic acids is 1. The first kappa shape index (κ1) is 14.8. The fourth-order valence-corrected chi connectivity index (χ4v) is 2.03. The van der Waals surface area contributed by atoms with Gasteiger partial charge >= 0.3 is 0 Å². The fraction of sp³-hybridized carbons (Fsp3) is 0.312. The number of fused-ring (bicyclic) bond motifs is 1. The Balaban J connectivity index is 0.000000771. The SMILES string of the molecule is CC.CC(=O)c1cccc2cc([C@H](C)S)ccc12. The number of rotatable bonds is 2. The van der Waals surface area contributed by atoms with Gasteiger partial charge in [0, 0.05) is 10.8 Å². The minimum atomic E-state index is 0.109. The molecule has 0 aliphatic rings. The van der Waals surface area contributed by atoms with Crippen LogP contribution in [0.3, 0.4) is 0 Å². The van der Waals surface area contributed by atoms with Crippen molar-refractivity contribution >= 4 is 29.2 Å². The summed E-state index contributed by atoms with van der Waals surface area (Å²) in [6.45, 7) is 7.64. The lowest BCUT2D eigenvalue weighted by molar-refractivity contribution is 0.101. The van der Waals surface area contributed by atoms with E-state index in [1.54, 1.807) is 6.92 Å². The van der Waals surface area contributed by atoms with Crippen molar-refractivity contribution in [2.45, 2.75) is 32.9 Å². The van der Waals surface area contributed by atoms with Crippen LogP contribution in [0, 0.1) is 0 Å². The summed E-state index contributed by atoms with van der Waals surface area (Å²) in [5, 5.41) is 2.34. The standard InChI is InChI=1S/C14H14OS.C2H6/c1-9(15)13-5-3-4-12-8-11(10(2)16)6-7-14(12)13;1-2/h3-8,10,16H,1-2H3;1-2H3/t10-;/m0./s1. The van der Waals surface area contributed by atoms with Crippen molar-refractivity contribution < 1.29 is 4.79 Å². The number of hydrogen-bond acceptors (Lipinski definition) is 2. The molecule has 0 aromatic heterocycles. The predicted octanol–water partition coefficient (Wildman–Crippen LogP) is 5.06. The van der Waals surface area contributed by atoms with Crippen molar-refractivity contribution in [2.75, 3.05) is 0 Å². The Bertz CT molecular complexity index is 544. The molecule has 1 nitrogen and oxygen atoms in total. The van der Waals surface area contributed by atoms with Crippen molar-refractivity contribution in [2.24, 2.45) is 0 Å². The normalized spacial score (nSPS) is 11.6. The quantitative estimate of drug-likeness (QED) is 0.590. The van der Waals surface area contributed by atoms with E-state index in [0.717, 1.165) is 16.3 Å². The van der Waals surface area contributed by atoms with Gasteiger partial charge in [0.05, 0.1) is 0 Å². The lowest BCUT2D eigenvalue weighted by Crippen LogP contribution is -1.94. The molecule has 2 rings (SSSR count). The van der Waals surface area contributed by atoms with Crippen LogP contribution in [-0.2, 0) is 0 Å². The number of hydrogen-bond donors (Lipinski definition) is 1. The molecule has 1 atom stereocenters. The minimum absolute atomic E-state index is 0.109. The molecule has 0 spiro atoms. The lowest BCUT2D eigenvalue weighted by Gasteiger charge is -2.08. The highest BCUT2D eigenvalue weighted by molar-refractivity contribution is 7.80. The van der Waals surface area contributed by atoms with E-state index in [1.165, 1.54) is 5.56 Å². The highest BCUT2D eigenvalue weighted by Crippen LogP contribution is 2.25. The Hall–Kier alpha value is -1.28. The Labute approximate surface area is 115 Å². The maximum Gasteiger partial charge on any atom is 0.160 e. The summed E-state index contributed by atoms with van der Waals surface area (Å²) in [5.74, 6) is 0.109. The van der Waals surface area contributed by atoms with Crippen LogP contribution in [0.2, 0.25) is 0 Å². The number of thiol groups is 1. The number of ketones is 1. The van der Waals surface area contributed by atoms with E-state index >= 15 is 0 Å². The monoisotopic (exact) mass is 260 g/mol. The van der Waals surface area contributed by atoms with E-state index in [2.05, 4.69) is 18.7 Å². The van der Waals surface area contributed by atoms with Gasteiger partial charge in [-0.05, 0) is 30.2 Å². The molecule has 0 saturated heterocycles. The van der Waals surface area contributed by atoms with E-state index < -0.39 is 0 Å². The molecule has 0 radical (unpaired) electrons. The second-order valence-corrected chi connectivity index (χ2v) is 4.79. The zero-order valence-corrected chi connectivity index (χ0v) is 12.3. The Morgan fingerprint density at radius 1 is 1.17 bits per heavy atom. The van der Waals surface area contributed by atoms with Crippen molar-refractivity contribution in [3.63, 3.8) is 0 Å². The van der Waals surface area contributed by atoms with Gasteiger partial charge in [-0.25, -0.2) is 0 Å². The first-order valence-electron chi connectivity index (χ1n) is 6.31. The molecule has 0 unspecified atom stereocenters.